The van der Waals surface area contributed by atoms with Crippen molar-refractivity contribution in [3.63, 3.8) is 0 Å². The lowest BCUT2D eigenvalue weighted by Gasteiger charge is -2.28. The number of ether oxygens (including phenoxy) is 6. The van der Waals surface area contributed by atoms with Crippen LogP contribution in [0.4, 0.5) is 0 Å². The summed E-state index contributed by atoms with van der Waals surface area (Å²) >= 11 is 0. The second-order valence-corrected chi connectivity index (χ2v) is 25.6. The highest BCUT2D eigenvalue weighted by Crippen LogP contribution is 2.24. The zero-order chi connectivity index (χ0) is 59.3. The highest BCUT2D eigenvalue weighted by atomic mass is 16.5. The number of piperidine rings is 1. The van der Waals surface area contributed by atoms with Crippen molar-refractivity contribution < 1.29 is 38.0 Å². The quantitative estimate of drug-likeness (QED) is 0.0335. The molecule has 1 fully saturated rings. The maximum atomic E-state index is 12.9. The smallest absolute Gasteiger partial charge is 0.306 e. The van der Waals surface area contributed by atoms with Gasteiger partial charge in [0.15, 0.2) is 0 Å². The lowest BCUT2D eigenvalue weighted by atomic mass is 9.91. The molecule has 9 nitrogen and oxygen atoms in total. The highest BCUT2D eigenvalue weighted by molar-refractivity contribution is 5.78. The summed E-state index contributed by atoms with van der Waals surface area (Å²) in [6, 6.07) is 0. The first-order chi connectivity index (χ1) is 40.3. The molecule has 0 amide bonds. The Balaban J connectivity index is 2.41. The summed E-state index contributed by atoms with van der Waals surface area (Å²) in [4.78, 5) is 27.7. The number of hydrogen-bond donors (Lipinski definition) is 0. The van der Waals surface area contributed by atoms with Crippen LogP contribution >= 0.6 is 0 Å². The maximum absolute atomic E-state index is 12.9. The Morgan fingerprint density at radius 2 is 0.756 bits per heavy atom. The SMILES string of the molecule is C=C(CCCCCCCOC(CCCCCCCOCCOCCCC(=O)CC1CCN(C)CC1)COCCCCCCCC(=O)OC(CCCCCCCC)CCCCCCCC)OC(CCCCCCCC)CCCCCCCC. The molecule has 0 bridgehead atoms. The predicted octanol–water partition coefficient (Wildman–Crippen LogP) is 21.3. The van der Waals surface area contributed by atoms with Crippen molar-refractivity contribution in [3.8, 4) is 0 Å². The van der Waals surface area contributed by atoms with E-state index in [2.05, 4.69) is 46.2 Å². The summed E-state index contributed by atoms with van der Waals surface area (Å²) in [5.41, 5.74) is 0. The van der Waals surface area contributed by atoms with E-state index >= 15 is 0 Å². The van der Waals surface area contributed by atoms with Gasteiger partial charge in [-0.1, -0.05) is 227 Å². The van der Waals surface area contributed by atoms with Gasteiger partial charge < -0.3 is 33.3 Å². The van der Waals surface area contributed by atoms with Gasteiger partial charge in [-0.15, -0.1) is 0 Å². The van der Waals surface area contributed by atoms with Gasteiger partial charge in [0.25, 0.3) is 0 Å². The van der Waals surface area contributed by atoms with Gasteiger partial charge in [0.1, 0.15) is 11.9 Å². The molecule has 0 N–H and O–H groups in total. The number of hydrogen-bond acceptors (Lipinski definition) is 9. The van der Waals surface area contributed by atoms with Crippen LogP contribution in [0.25, 0.3) is 0 Å². The number of ketones is 1. The molecule has 0 aromatic heterocycles. The van der Waals surface area contributed by atoms with Crippen molar-refractivity contribution in [2.24, 2.45) is 5.92 Å². The van der Waals surface area contributed by atoms with Crippen molar-refractivity contribution in [2.45, 2.75) is 373 Å². The van der Waals surface area contributed by atoms with E-state index in [9.17, 15) is 9.59 Å². The van der Waals surface area contributed by atoms with Gasteiger partial charge in [-0.05, 0) is 135 Å². The summed E-state index contributed by atoms with van der Waals surface area (Å²) in [5, 5.41) is 0. The number of allylic oxidation sites excluding steroid dienone is 1. The topological polar surface area (TPSA) is 92.8 Å². The van der Waals surface area contributed by atoms with Crippen molar-refractivity contribution in [1.29, 1.82) is 0 Å². The zero-order valence-corrected chi connectivity index (χ0v) is 55.7. The van der Waals surface area contributed by atoms with Crippen molar-refractivity contribution >= 4 is 11.8 Å². The van der Waals surface area contributed by atoms with Crippen LogP contribution in [0.1, 0.15) is 355 Å². The molecule has 82 heavy (non-hydrogen) atoms. The van der Waals surface area contributed by atoms with E-state index in [0.717, 1.165) is 148 Å². The third kappa shape index (κ3) is 55.1. The second-order valence-electron chi connectivity index (χ2n) is 25.6. The molecule has 1 aliphatic heterocycles. The summed E-state index contributed by atoms with van der Waals surface area (Å²) in [6.45, 7) is 20.7. The summed E-state index contributed by atoms with van der Waals surface area (Å²) in [6.07, 6.45) is 60.7. The molecule has 1 aliphatic rings. The molecule has 0 radical (unpaired) electrons. The highest BCUT2D eigenvalue weighted by Gasteiger charge is 2.20. The molecule has 486 valence electrons. The van der Waals surface area contributed by atoms with E-state index < -0.39 is 0 Å². The Labute approximate surface area is 510 Å². The molecule has 9 heteroatoms. The Bertz CT molecular complexity index is 1310. The lowest BCUT2D eigenvalue weighted by Crippen LogP contribution is -2.31. The number of carbonyl (C=O) groups is 2. The number of Topliss-reactive ketones (excluding diaryl/α,β-unsaturated/α-hetero) is 1. The fourth-order valence-electron chi connectivity index (χ4n) is 11.8. The Morgan fingerprint density at radius 3 is 1.23 bits per heavy atom. The zero-order valence-electron chi connectivity index (χ0n) is 55.7. The standard InChI is InChI=1S/C73H141NO8/c1-7-11-15-19-27-37-49-70(50-38-28-20-16-12-8-2)81-67(5)47-36-26-23-35-45-62-80-72(53-41-31-24-33-43-59-77-63-64-78-61-46-48-69(75)65-68-55-57-74(6)58-56-68)66-79-60-44-34-25-32-42-54-73(76)82-71(51-39-29-21-17-13-9-3)52-40-30-22-18-14-10-4/h68,70-72H,5,7-66H2,1-4,6H3. The van der Waals surface area contributed by atoms with Gasteiger partial charge in [0.2, 0.25) is 0 Å². The third-order valence-corrected chi connectivity index (χ3v) is 17.4. The Morgan fingerprint density at radius 1 is 0.390 bits per heavy atom. The second kappa shape index (κ2) is 62.5. The van der Waals surface area contributed by atoms with Gasteiger partial charge >= 0.3 is 5.97 Å². The molecule has 1 saturated heterocycles. The molecule has 0 saturated carbocycles. The fourth-order valence-corrected chi connectivity index (χ4v) is 11.8. The first-order valence-corrected chi connectivity index (χ1v) is 36.4. The molecule has 1 rings (SSSR count). The summed E-state index contributed by atoms with van der Waals surface area (Å²) in [7, 11) is 2.17. The molecule has 0 aromatic carbocycles. The first-order valence-electron chi connectivity index (χ1n) is 36.4. The Hall–Kier alpha value is -1.52. The van der Waals surface area contributed by atoms with E-state index in [0.29, 0.717) is 57.1 Å². The molecular weight excluding hydrogens is 1020 g/mol. The molecule has 0 aromatic rings. The predicted molar refractivity (Wildman–Crippen MR) is 350 cm³/mol. The van der Waals surface area contributed by atoms with E-state index in [1.165, 1.54) is 205 Å². The van der Waals surface area contributed by atoms with Crippen LogP contribution in [0, 0.1) is 5.92 Å². The minimum absolute atomic E-state index is 0.0191. The van der Waals surface area contributed by atoms with Gasteiger partial charge in [-0.2, -0.15) is 0 Å². The molecule has 0 aliphatic carbocycles. The third-order valence-electron chi connectivity index (χ3n) is 17.4. The van der Waals surface area contributed by atoms with Crippen LogP contribution in [-0.4, -0.2) is 101 Å². The molecular formula is C73H141NO8. The van der Waals surface area contributed by atoms with Crippen LogP contribution in [0.3, 0.4) is 0 Å². The maximum Gasteiger partial charge on any atom is 0.306 e. The number of unbranched alkanes of at least 4 members (excludes halogenated alkanes) is 32. The van der Waals surface area contributed by atoms with Gasteiger partial charge in [0.05, 0.1) is 37.8 Å². The largest absolute Gasteiger partial charge is 0.495 e. The van der Waals surface area contributed by atoms with Crippen molar-refractivity contribution in [3.05, 3.63) is 12.3 Å². The van der Waals surface area contributed by atoms with Gasteiger partial charge in [0, 0.05) is 52.1 Å². The van der Waals surface area contributed by atoms with Crippen LogP contribution < -0.4 is 0 Å². The summed E-state index contributed by atoms with van der Waals surface area (Å²) in [5.74, 6) is 2.01. The minimum atomic E-state index is 0.0191. The minimum Gasteiger partial charge on any atom is -0.495 e. The van der Waals surface area contributed by atoms with E-state index in [1.54, 1.807) is 0 Å². The molecule has 0 spiro atoms. The number of likely N-dealkylation sites (tertiary alicyclic amines) is 1. The van der Waals surface area contributed by atoms with Crippen LogP contribution in [0.2, 0.25) is 0 Å². The average Bonchev–Trinajstić information content (AvgIpc) is 3.47. The fraction of sp³-hybridized carbons (Fsp3) is 0.945. The van der Waals surface area contributed by atoms with Crippen LogP contribution in [0.5, 0.6) is 0 Å². The molecule has 1 heterocycles. The normalized spacial score (nSPS) is 13.7. The van der Waals surface area contributed by atoms with Crippen molar-refractivity contribution in [2.75, 3.05) is 66.4 Å². The van der Waals surface area contributed by atoms with E-state index in [4.69, 9.17) is 28.4 Å². The van der Waals surface area contributed by atoms with Crippen LogP contribution in [-0.2, 0) is 38.0 Å². The number of rotatable bonds is 67. The number of carbonyl (C=O) groups excluding carboxylic acids is 2. The van der Waals surface area contributed by atoms with Crippen molar-refractivity contribution in [1.82, 2.24) is 4.90 Å². The van der Waals surface area contributed by atoms with Gasteiger partial charge in [-0.25, -0.2) is 0 Å². The molecule has 1 atom stereocenters. The van der Waals surface area contributed by atoms with E-state index in [-0.39, 0.29) is 18.2 Å². The Kier molecular flexibility index (Phi) is 59.9. The average molecular weight is 1160 g/mol. The number of esters is 1. The van der Waals surface area contributed by atoms with Gasteiger partial charge in [-0.3, -0.25) is 9.59 Å². The monoisotopic (exact) mass is 1160 g/mol. The number of nitrogens with zero attached hydrogens (tertiary/aromatic N) is 1. The van der Waals surface area contributed by atoms with Crippen LogP contribution in [0.15, 0.2) is 12.3 Å². The first kappa shape index (κ1) is 78.5. The molecule has 1 unspecified atom stereocenters. The van der Waals surface area contributed by atoms with E-state index in [1.807, 2.05) is 0 Å². The lowest BCUT2D eigenvalue weighted by molar-refractivity contribution is -0.150. The summed E-state index contributed by atoms with van der Waals surface area (Å²) < 4.78 is 37.1.